The van der Waals surface area contributed by atoms with Crippen LogP contribution in [0.25, 0.3) is 0 Å². The van der Waals surface area contributed by atoms with Crippen LogP contribution in [0.4, 0.5) is 27.6 Å². The lowest BCUT2D eigenvalue weighted by Gasteiger charge is -2.15. The monoisotopic (exact) mass is 226 g/mol. The van der Waals surface area contributed by atoms with Gasteiger partial charge in [-0.2, -0.15) is 13.2 Å². The van der Waals surface area contributed by atoms with Crippen LogP contribution in [0.15, 0.2) is 6.20 Å². The molecule has 0 saturated carbocycles. The summed E-state index contributed by atoms with van der Waals surface area (Å²) in [4.78, 5) is 3.37. The third-order valence-electron chi connectivity index (χ3n) is 1.86. The van der Waals surface area contributed by atoms with Crippen LogP contribution in [-0.4, -0.2) is 4.98 Å². The molecule has 0 amide bonds. The molecule has 7 heteroatoms. The number of nitrogens with zero attached hydrogens (tertiary/aromatic N) is 1. The second-order valence-corrected chi connectivity index (χ2v) is 2.89. The SMILES string of the molecule is Cc1ncc(C(F)F)c(C(F)(F)F)c1N. The van der Waals surface area contributed by atoms with Crippen LogP contribution in [0, 0.1) is 6.92 Å². The van der Waals surface area contributed by atoms with Crippen molar-refractivity contribution in [2.75, 3.05) is 5.73 Å². The Labute approximate surface area is 81.9 Å². The van der Waals surface area contributed by atoms with E-state index in [0.717, 1.165) is 0 Å². The summed E-state index contributed by atoms with van der Waals surface area (Å²) in [6, 6.07) is 0. The number of alkyl halides is 5. The van der Waals surface area contributed by atoms with E-state index in [1.54, 1.807) is 0 Å². The number of pyridine rings is 1. The Balaban J connectivity index is 3.49. The van der Waals surface area contributed by atoms with E-state index in [4.69, 9.17) is 5.73 Å². The zero-order valence-electron chi connectivity index (χ0n) is 7.57. The molecule has 0 fully saturated rings. The van der Waals surface area contributed by atoms with Gasteiger partial charge in [0.25, 0.3) is 6.43 Å². The van der Waals surface area contributed by atoms with Crippen molar-refractivity contribution in [2.45, 2.75) is 19.5 Å². The first-order valence-electron chi connectivity index (χ1n) is 3.85. The van der Waals surface area contributed by atoms with Gasteiger partial charge in [0.2, 0.25) is 0 Å². The van der Waals surface area contributed by atoms with E-state index in [1.807, 2.05) is 0 Å². The summed E-state index contributed by atoms with van der Waals surface area (Å²) in [5.41, 5.74) is 1.54. The highest BCUT2D eigenvalue weighted by Crippen LogP contribution is 2.40. The van der Waals surface area contributed by atoms with Crippen molar-refractivity contribution < 1.29 is 22.0 Å². The van der Waals surface area contributed by atoms with Gasteiger partial charge in [0, 0.05) is 6.20 Å². The molecule has 0 atom stereocenters. The van der Waals surface area contributed by atoms with E-state index in [2.05, 4.69) is 4.98 Å². The highest BCUT2D eigenvalue weighted by molar-refractivity contribution is 5.55. The Hall–Kier alpha value is -1.40. The van der Waals surface area contributed by atoms with E-state index in [9.17, 15) is 22.0 Å². The molecule has 0 bridgehead atoms. The summed E-state index contributed by atoms with van der Waals surface area (Å²) >= 11 is 0. The number of aromatic nitrogens is 1. The molecule has 0 saturated heterocycles. The summed E-state index contributed by atoms with van der Waals surface area (Å²) in [6.07, 6.45) is -7.65. The first-order valence-corrected chi connectivity index (χ1v) is 3.85. The average Bonchev–Trinajstić information content (AvgIpc) is 2.06. The van der Waals surface area contributed by atoms with Crippen LogP contribution in [0.1, 0.15) is 23.2 Å². The topological polar surface area (TPSA) is 38.9 Å². The lowest BCUT2D eigenvalue weighted by Crippen LogP contribution is -2.15. The van der Waals surface area contributed by atoms with Gasteiger partial charge >= 0.3 is 6.18 Å². The Morgan fingerprint density at radius 3 is 2.27 bits per heavy atom. The Morgan fingerprint density at radius 1 is 1.33 bits per heavy atom. The normalized spacial score (nSPS) is 12.2. The van der Waals surface area contributed by atoms with Gasteiger partial charge in [0.15, 0.2) is 0 Å². The summed E-state index contributed by atoms with van der Waals surface area (Å²) in [6.45, 7) is 1.22. The highest BCUT2D eigenvalue weighted by atomic mass is 19.4. The molecule has 84 valence electrons. The van der Waals surface area contributed by atoms with Crippen LogP contribution in [0.5, 0.6) is 0 Å². The number of halogens is 5. The van der Waals surface area contributed by atoms with Gasteiger partial charge in [0.05, 0.1) is 22.5 Å². The summed E-state index contributed by atoms with van der Waals surface area (Å²) in [7, 11) is 0. The van der Waals surface area contributed by atoms with Crippen molar-refractivity contribution in [1.82, 2.24) is 4.98 Å². The van der Waals surface area contributed by atoms with Crippen LogP contribution in [0.2, 0.25) is 0 Å². The van der Waals surface area contributed by atoms with Gasteiger partial charge in [-0.3, -0.25) is 4.98 Å². The fourth-order valence-corrected chi connectivity index (χ4v) is 1.12. The molecular weight excluding hydrogens is 219 g/mol. The molecule has 2 nitrogen and oxygen atoms in total. The van der Waals surface area contributed by atoms with Crippen LogP contribution in [-0.2, 0) is 6.18 Å². The van der Waals surface area contributed by atoms with Crippen molar-refractivity contribution in [3.8, 4) is 0 Å². The molecule has 15 heavy (non-hydrogen) atoms. The third kappa shape index (κ3) is 2.16. The second kappa shape index (κ2) is 3.63. The summed E-state index contributed by atoms with van der Waals surface area (Å²) < 4.78 is 61.8. The predicted octanol–water partition coefficient (Wildman–Crippen LogP) is 2.93. The number of hydrogen-bond donors (Lipinski definition) is 1. The molecule has 1 aromatic heterocycles. The zero-order valence-corrected chi connectivity index (χ0v) is 7.57. The average molecular weight is 226 g/mol. The Kier molecular flexibility index (Phi) is 2.83. The quantitative estimate of drug-likeness (QED) is 0.747. The van der Waals surface area contributed by atoms with Gasteiger partial charge in [-0.1, -0.05) is 0 Å². The van der Waals surface area contributed by atoms with E-state index >= 15 is 0 Å². The van der Waals surface area contributed by atoms with Gasteiger partial charge in [-0.05, 0) is 6.92 Å². The third-order valence-corrected chi connectivity index (χ3v) is 1.86. The van der Waals surface area contributed by atoms with E-state index in [0.29, 0.717) is 6.20 Å². The highest BCUT2D eigenvalue weighted by Gasteiger charge is 2.38. The maximum Gasteiger partial charge on any atom is 0.418 e. The molecule has 0 aliphatic heterocycles. The van der Waals surface area contributed by atoms with Crippen LogP contribution >= 0.6 is 0 Å². The minimum absolute atomic E-state index is 0.119. The molecule has 1 heterocycles. The number of nitrogens with two attached hydrogens (primary N) is 1. The first kappa shape index (κ1) is 11.7. The standard InChI is InChI=1S/C8H7F5N2/c1-3-6(14)5(8(11,12)13)4(2-15-3)7(9)10/h2,7H,14H2,1H3. The maximum atomic E-state index is 12.4. The largest absolute Gasteiger partial charge is 0.418 e. The van der Waals surface area contributed by atoms with E-state index in [-0.39, 0.29) is 5.69 Å². The zero-order chi connectivity index (χ0) is 11.8. The number of aryl methyl sites for hydroxylation is 1. The number of anilines is 1. The minimum Gasteiger partial charge on any atom is -0.397 e. The molecule has 1 rings (SSSR count). The number of rotatable bonds is 1. The molecule has 0 aromatic carbocycles. The first-order chi connectivity index (χ1) is 6.75. The Bertz CT molecular complexity index is 372. The molecule has 0 aliphatic carbocycles. The van der Waals surface area contributed by atoms with Gasteiger partial charge in [-0.15, -0.1) is 0 Å². The van der Waals surface area contributed by atoms with Crippen molar-refractivity contribution >= 4 is 5.69 Å². The fourth-order valence-electron chi connectivity index (χ4n) is 1.12. The lowest BCUT2D eigenvalue weighted by molar-refractivity contribution is -0.138. The molecule has 0 spiro atoms. The van der Waals surface area contributed by atoms with Gasteiger partial charge < -0.3 is 5.73 Å². The van der Waals surface area contributed by atoms with Gasteiger partial charge in [0.1, 0.15) is 0 Å². The summed E-state index contributed by atoms with van der Waals surface area (Å²) in [5.74, 6) is 0. The lowest BCUT2D eigenvalue weighted by atomic mass is 10.1. The molecule has 1 aromatic rings. The predicted molar refractivity (Wildman–Crippen MR) is 43.3 cm³/mol. The minimum atomic E-state index is -4.90. The van der Waals surface area contributed by atoms with Crippen molar-refractivity contribution in [3.05, 3.63) is 23.0 Å². The number of nitrogen functional groups attached to an aromatic ring is 1. The molecular formula is C8H7F5N2. The molecule has 0 aliphatic rings. The maximum absolute atomic E-state index is 12.4. The second-order valence-electron chi connectivity index (χ2n) is 2.89. The van der Waals surface area contributed by atoms with Gasteiger partial charge in [-0.25, -0.2) is 8.78 Å². The summed E-state index contributed by atoms with van der Waals surface area (Å²) in [5, 5.41) is 0. The Morgan fingerprint density at radius 2 is 1.87 bits per heavy atom. The van der Waals surface area contributed by atoms with Crippen molar-refractivity contribution in [3.63, 3.8) is 0 Å². The fraction of sp³-hybridized carbons (Fsp3) is 0.375. The van der Waals surface area contributed by atoms with Crippen LogP contribution < -0.4 is 5.73 Å². The number of hydrogen-bond acceptors (Lipinski definition) is 2. The van der Waals surface area contributed by atoms with Crippen molar-refractivity contribution in [2.24, 2.45) is 0 Å². The molecule has 0 unspecified atom stereocenters. The molecule has 0 radical (unpaired) electrons. The smallest absolute Gasteiger partial charge is 0.397 e. The molecule has 2 N–H and O–H groups in total. The van der Waals surface area contributed by atoms with Crippen LogP contribution in [0.3, 0.4) is 0 Å². The van der Waals surface area contributed by atoms with Crippen molar-refractivity contribution in [1.29, 1.82) is 0 Å². The van der Waals surface area contributed by atoms with E-state index < -0.39 is 29.4 Å². The van der Waals surface area contributed by atoms with E-state index in [1.165, 1.54) is 6.92 Å².